The summed E-state index contributed by atoms with van der Waals surface area (Å²) < 4.78 is 5.81. The molecule has 0 aliphatic heterocycles. The Morgan fingerprint density at radius 2 is 1.49 bits per heavy atom. The largest absolute Gasteiger partial charge is 0.494 e. The van der Waals surface area contributed by atoms with Gasteiger partial charge in [-0.25, -0.2) is 4.79 Å². The van der Waals surface area contributed by atoms with Crippen LogP contribution >= 0.6 is 11.6 Å². The van der Waals surface area contributed by atoms with E-state index >= 15 is 0 Å². The van der Waals surface area contributed by atoms with Crippen molar-refractivity contribution in [2.24, 2.45) is 0 Å². The third-order valence-electron chi connectivity index (χ3n) is 6.10. The predicted molar refractivity (Wildman–Crippen MR) is 146 cm³/mol. The standard InChI is InChI=1S/C30H26ClN3O3/c1-2-3-6-19-36-25-16-13-22(14-17-25)21-9-11-23(12-10-21)24-15-18-26(27(31)20-24)30(35)37-34-29-8-5-4-7-28(29)32-33-34/h4-5,7-18,20H,2-3,6,19H2,1H3. The van der Waals surface area contributed by atoms with E-state index in [2.05, 4.69) is 41.5 Å². The topological polar surface area (TPSA) is 66.2 Å². The van der Waals surface area contributed by atoms with Crippen LogP contribution in [0.4, 0.5) is 0 Å². The lowest BCUT2D eigenvalue weighted by molar-refractivity contribution is 0.0409. The van der Waals surface area contributed by atoms with Gasteiger partial charge in [0.1, 0.15) is 16.8 Å². The van der Waals surface area contributed by atoms with Crippen LogP contribution in [0.2, 0.25) is 5.02 Å². The van der Waals surface area contributed by atoms with E-state index in [-0.39, 0.29) is 5.56 Å². The van der Waals surface area contributed by atoms with Gasteiger partial charge in [-0.15, -0.1) is 5.10 Å². The van der Waals surface area contributed by atoms with Gasteiger partial charge in [-0.05, 0) is 70.3 Å². The molecule has 0 saturated carbocycles. The highest BCUT2D eigenvalue weighted by atomic mass is 35.5. The Morgan fingerprint density at radius 1 is 0.838 bits per heavy atom. The van der Waals surface area contributed by atoms with Gasteiger partial charge in [0.05, 0.1) is 17.2 Å². The van der Waals surface area contributed by atoms with Crippen molar-refractivity contribution in [2.45, 2.75) is 26.2 Å². The summed E-state index contributed by atoms with van der Waals surface area (Å²) in [6.45, 7) is 2.93. The van der Waals surface area contributed by atoms with Gasteiger partial charge in [0.25, 0.3) is 0 Å². The minimum atomic E-state index is -0.611. The van der Waals surface area contributed by atoms with Crippen molar-refractivity contribution >= 4 is 28.6 Å². The molecule has 37 heavy (non-hydrogen) atoms. The van der Waals surface area contributed by atoms with E-state index in [0.717, 1.165) is 45.9 Å². The first-order valence-electron chi connectivity index (χ1n) is 12.3. The lowest BCUT2D eigenvalue weighted by atomic mass is 9.99. The summed E-state index contributed by atoms with van der Waals surface area (Å²) in [4.78, 5) is 19.2. The molecule has 6 nitrogen and oxygen atoms in total. The van der Waals surface area contributed by atoms with Crippen LogP contribution in [-0.2, 0) is 0 Å². The molecule has 5 rings (SSSR count). The summed E-state index contributed by atoms with van der Waals surface area (Å²) in [6.07, 6.45) is 3.44. The third kappa shape index (κ3) is 5.65. The van der Waals surface area contributed by atoms with E-state index in [1.807, 2.05) is 42.5 Å². The molecule has 0 bridgehead atoms. The number of hydrogen-bond acceptors (Lipinski definition) is 5. The van der Waals surface area contributed by atoms with Crippen LogP contribution in [0, 0.1) is 0 Å². The molecule has 1 heterocycles. The number of ether oxygens (including phenoxy) is 1. The molecule has 0 fully saturated rings. The molecule has 0 atom stereocenters. The second kappa shape index (κ2) is 11.3. The number of halogens is 1. The van der Waals surface area contributed by atoms with Crippen molar-refractivity contribution in [1.29, 1.82) is 0 Å². The SMILES string of the molecule is CCCCCOc1ccc(-c2ccc(-c3ccc(C(=O)On4nnc5ccccc54)c(Cl)c3)cc2)cc1. The van der Waals surface area contributed by atoms with E-state index in [1.165, 1.54) is 12.8 Å². The molecular formula is C30H26ClN3O3. The normalized spacial score (nSPS) is 11.0. The van der Waals surface area contributed by atoms with E-state index in [0.29, 0.717) is 16.1 Å². The van der Waals surface area contributed by atoms with Crippen molar-refractivity contribution < 1.29 is 14.4 Å². The number of aromatic nitrogens is 3. The van der Waals surface area contributed by atoms with Crippen molar-refractivity contribution in [1.82, 2.24) is 15.2 Å². The van der Waals surface area contributed by atoms with Crippen LogP contribution in [0.3, 0.4) is 0 Å². The first-order valence-corrected chi connectivity index (χ1v) is 12.7. The number of rotatable bonds is 9. The Labute approximate surface area is 220 Å². The minimum Gasteiger partial charge on any atom is -0.494 e. The maximum Gasteiger partial charge on any atom is 0.367 e. The number of nitrogens with zero attached hydrogens (tertiary/aromatic N) is 3. The van der Waals surface area contributed by atoms with Crippen molar-refractivity contribution in [3.05, 3.63) is 102 Å². The fraction of sp³-hybridized carbons (Fsp3) is 0.167. The summed E-state index contributed by atoms with van der Waals surface area (Å²) in [7, 11) is 0. The van der Waals surface area contributed by atoms with Gasteiger partial charge >= 0.3 is 5.97 Å². The summed E-state index contributed by atoms with van der Waals surface area (Å²) in [5, 5.41) is 8.17. The van der Waals surface area contributed by atoms with Gasteiger partial charge < -0.3 is 9.57 Å². The Hall–Kier alpha value is -4.16. The summed E-state index contributed by atoms with van der Waals surface area (Å²) >= 11 is 6.47. The molecule has 0 saturated heterocycles. The maximum atomic E-state index is 12.7. The zero-order valence-electron chi connectivity index (χ0n) is 20.4. The monoisotopic (exact) mass is 511 g/mol. The molecule has 0 N–H and O–H groups in total. The van der Waals surface area contributed by atoms with Crippen molar-refractivity contribution in [2.75, 3.05) is 6.61 Å². The highest BCUT2D eigenvalue weighted by Gasteiger charge is 2.16. The van der Waals surface area contributed by atoms with Crippen LogP contribution in [0.25, 0.3) is 33.3 Å². The first kappa shape index (κ1) is 24.5. The zero-order chi connectivity index (χ0) is 25.6. The number of unbranched alkanes of at least 4 members (excludes halogenated alkanes) is 2. The predicted octanol–water partition coefficient (Wildman–Crippen LogP) is 7.26. The molecule has 0 amide bonds. The Kier molecular flexibility index (Phi) is 7.47. The Balaban J connectivity index is 1.26. The van der Waals surface area contributed by atoms with Crippen LogP contribution in [0.5, 0.6) is 5.75 Å². The van der Waals surface area contributed by atoms with Crippen molar-refractivity contribution in [3.63, 3.8) is 0 Å². The molecule has 0 aliphatic rings. The number of para-hydroxylation sites is 1. The van der Waals surface area contributed by atoms with Crippen LogP contribution in [0.1, 0.15) is 36.5 Å². The fourth-order valence-electron chi connectivity index (χ4n) is 4.04. The summed E-state index contributed by atoms with van der Waals surface area (Å²) in [5.74, 6) is 0.280. The quantitative estimate of drug-likeness (QED) is 0.154. The maximum absolute atomic E-state index is 12.7. The van der Waals surface area contributed by atoms with Gasteiger partial charge in [-0.1, -0.05) is 90.8 Å². The van der Waals surface area contributed by atoms with Gasteiger partial charge in [0.2, 0.25) is 0 Å². The second-order valence-electron chi connectivity index (χ2n) is 8.68. The molecule has 0 radical (unpaired) electrons. The number of hydrogen-bond donors (Lipinski definition) is 0. The molecule has 1 aromatic heterocycles. The average molecular weight is 512 g/mol. The van der Waals surface area contributed by atoms with Gasteiger partial charge in [-0.2, -0.15) is 0 Å². The van der Waals surface area contributed by atoms with Gasteiger partial charge in [-0.3, -0.25) is 0 Å². The van der Waals surface area contributed by atoms with Gasteiger partial charge in [0, 0.05) is 0 Å². The number of benzene rings is 4. The molecule has 0 spiro atoms. The molecule has 0 unspecified atom stereocenters. The number of carbonyl (C=O) groups is 1. The van der Waals surface area contributed by atoms with E-state index in [9.17, 15) is 4.79 Å². The minimum absolute atomic E-state index is 0.249. The fourth-order valence-corrected chi connectivity index (χ4v) is 4.30. The van der Waals surface area contributed by atoms with Crippen molar-refractivity contribution in [3.8, 4) is 28.0 Å². The molecular weight excluding hydrogens is 486 g/mol. The second-order valence-corrected chi connectivity index (χ2v) is 9.09. The third-order valence-corrected chi connectivity index (χ3v) is 6.42. The molecule has 5 aromatic rings. The van der Waals surface area contributed by atoms with Crippen LogP contribution in [-0.4, -0.2) is 27.7 Å². The van der Waals surface area contributed by atoms with E-state index in [4.69, 9.17) is 21.2 Å². The summed E-state index contributed by atoms with van der Waals surface area (Å²) in [5.41, 5.74) is 5.58. The molecule has 7 heteroatoms. The summed E-state index contributed by atoms with van der Waals surface area (Å²) in [6, 6.07) is 28.9. The lowest BCUT2D eigenvalue weighted by Gasteiger charge is -2.09. The van der Waals surface area contributed by atoms with E-state index < -0.39 is 5.97 Å². The molecule has 186 valence electrons. The highest BCUT2D eigenvalue weighted by molar-refractivity contribution is 6.33. The zero-order valence-corrected chi connectivity index (χ0v) is 21.2. The lowest BCUT2D eigenvalue weighted by Crippen LogP contribution is -2.21. The Bertz CT molecular complexity index is 1510. The Morgan fingerprint density at radius 3 is 2.19 bits per heavy atom. The highest BCUT2D eigenvalue weighted by Crippen LogP contribution is 2.29. The molecule has 4 aromatic carbocycles. The molecule has 0 aliphatic carbocycles. The van der Waals surface area contributed by atoms with Crippen LogP contribution < -0.4 is 9.57 Å². The van der Waals surface area contributed by atoms with Gasteiger partial charge in [0.15, 0.2) is 0 Å². The first-order chi connectivity index (χ1) is 18.1. The smallest absolute Gasteiger partial charge is 0.367 e. The van der Waals surface area contributed by atoms with E-state index in [1.54, 1.807) is 24.3 Å². The number of fused-ring (bicyclic) bond motifs is 1. The average Bonchev–Trinajstić information content (AvgIpc) is 3.34. The van der Waals surface area contributed by atoms with Crippen LogP contribution in [0.15, 0.2) is 91.0 Å². The number of carbonyl (C=O) groups excluding carboxylic acids is 1.